The van der Waals surface area contributed by atoms with Gasteiger partial charge in [-0.1, -0.05) is 0 Å². The van der Waals surface area contributed by atoms with Crippen molar-refractivity contribution in [3.8, 4) is 5.75 Å². The summed E-state index contributed by atoms with van der Waals surface area (Å²) in [6, 6.07) is 4.62. The molecule has 3 heterocycles. The predicted molar refractivity (Wildman–Crippen MR) is 120 cm³/mol. The molecule has 0 bridgehead atoms. The van der Waals surface area contributed by atoms with Gasteiger partial charge in [0.2, 0.25) is 0 Å². The van der Waals surface area contributed by atoms with Crippen LogP contribution >= 0.6 is 0 Å². The van der Waals surface area contributed by atoms with Crippen molar-refractivity contribution in [1.29, 1.82) is 0 Å². The lowest BCUT2D eigenvalue weighted by atomic mass is 9.93. The van der Waals surface area contributed by atoms with Crippen LogP contribution < -0.4 is 15.0 Å². The summed E-state index contributed by atoms with van der Waals surface area (Å²) in [6.45, 7) is 5.20. The average Bonchev–Trinajstić information content (AvgIpc) is 2.82. The molecule has 2 fully saturated rings. The molecule has 2 aliphatic rings. The van der Waals surface area contributed by atoms with Gasteiger partial charge in [0.1, 0.15) is 17.1 Å². The maximum Gasteiger partial charge on any atom is 0.149 e. The van der Waals surface area contributed by atoms with E-state index in [-0.39, 0.29) is 6.10 Å². The van der Waals surface area contributed by atoms with Crippen LogP contribution in [0.25, 0.3) is 11.0 Å². The molecule has 1 aliphatic heterocycles. The van der Waals surface area contributed by atoms with Gasteiger partial charge < -0.3 is 19.7 Å². The van der Waals surface area contributed by atoms with Crippen LogP contribution in [0.4, 0.5) is 11.5 Å². The van der Waals surface area contributed by atoms with Gasteiger partial charge in [-0.2, -0.15) is 0 Å². The Morgan fingerprint density at radius 2 is 1.77 bits per heavy atom. The van der Waals surface area contributed by atoms with E-state index in [2.05, 4.69) is 42.3 Å². The van der Waals surface area contributed by atoms with Gasteiger partial charge >= 0.3 is 0 Å². The third kappa shape index (κ3) is 4.69. The highest BCUT2D eigenvalue weighted by Crippen LogP contribution is 2.33. The number of anilines is 2. The molecule has 0 unspecified atom stereocenters. The first-order valence-corrected chi connectivity index (χ1v) is 11.0. The highest BCUT2D eigenvalue weighted by molar-refractivity contribution is 5.85. The molecule has 8 heteroatoms. The Hall–Kier alpha value is -3.00. The van der Waals surface area contributed by atoms with Crippen LogP contribution in [0.15, 0.2) is 36.9 Å². The third-order valence-electron chi connectivity index (χ3n) is 6.00. The number of nitrogens with one attached hydrogen (secondary N) is 1. The predicted octanol–water partition coefficient (Wildman–Crippen LogP) is 3.37. The van der Waals surface area contributed by atoms with Gasteiger partial charge in [-0.25, -0.2) is 9.97 Å². The number of rotatable bonds is 5. The van der Waals surface area contributed by atoms with Gasteiger partial charge in [-0.05, 0) is 38.7 Å². The van der Waals surface area contributed by atoms with E-state index >= 15 is 0 Å². The van der Waals surface area contributed by atoms with Crippen molar-refractivity contribution in [2.24, 2.45) is 0 Å². The number of nitrogens with zero attached hydrogens (tertiary/aromatic N) is 5. The molecule has 0 amide bonds. The summed E-state index contributed by atoms with van der Waals surface area (Å²) in [6.07, 6.45) is 11.3. The van der Waals surface area contributed by atoms with Gasteiger partial charge in [0.25, 0.3) is 0 Å². The van der Waals surface area contributed by atoms with Gasteiger partial charge in [-0.15, -0.1) is 0 Å². The summed E-state index contributed by atoms with van der Waals surface area (Å²) in [5.41, 5.74) is 3.75. The molecule has 8 nitrogen and oxygen atoms in total. The van der Waals surface area contributed by atoms with Crippen molar-refractivity contribution < 1.29 is 9.47 Å². The standard InChI is InChI=1S/C23H28N6O2/c1-16-14-27-22(15-26-16)28-17-2-4-19(5-3-17)31-21-13-18(29-8-10-30-11-9-29)12-20-23(21)25-7-6-24-20/h6-7,12-15,17,19H,2-5,8-11H2,1H3,(H,27,28)/t17-,19+. The molecule has 1 aromatic carbocycles. The summed E-state index contributed by atoms with van der Waals surface area (Å²) >= 11 is 0. The number of morpholine rings is 1. The summed E-state index contributed by atoms with van der Waals surface area (Å²) in [5.74, 6) is 1.67. The fourth-order valence-electron chi connectivity index (χ4n) is 4.30. The zero-order valence-electron chi connectivity index (χ0n) is 17.8. The first kappa shape index (κ1) is 19.9. The molecule has 1 N–H and O–H groups in total. The Kier molecular flexibility index (Phi) is 5.80. The van der Waals surface area contributed by atoms with Crippen molar-refractivity contribution in [2.45, 2.75) is 44.8 Å². The van der Waals surface area contributed by atoms with Crippen LogP contribution in [-0.4, -0.2) is 58.4 Å². The summed E-state index contributed by atoms with van der Waals surface area (Å²) in [7, 11) is 0. The van der Waals surface area contributed by atoms with E-state index in [1.165, 1.54) is 0 Å². The Morgan fingerprint density at radius 1 is 0.968 bits per heavy atom. The Morgan fingerprint density at radius 3 is 2.55 bits per heavy atom. The zero-order chi connectivity index (χ0) is 21.0. The van der Waals surface area contributed by atoms with E-state index in [0.717, 1.165) is 86.0 Å². The van der Waals surface area contributed by atoms with E-state index in [9.17, 15) is 0 Å². The Labute approximate surface area is 182 Å². The largest absolute Gasteiger partial charge is 0.488 e. The quantitative estimate of drug-likeness (QED) is 0.673. The molecule has 5 rings (SSSR count). The van der Waals surface area contributed by atoms with E-state index in [1.807, 2.05) is 6.92 Å². The van der Waals surface area contributed by atoms with E-state index in [0.29, 0.717) is 6.04 Å². The van der Waals surface area contributed by atoms with E-state index < -0.39 is 0 Å². The minimum atomic E-state index is 0.173. The number of hydrogen-bond donors (Lipinski definition) is 1. The fraction of sp³-hybridized carbons (Fsp3) is 0.478. The van der Waals surface area contributed by atoms with Crippen LogP contribution in [0.5, 0.6) is 5.75 Å². The Balaban J connectivity index is 1.27. The summed E-state index contributed by atoms with van der Waals surface area (Å²) < 4.78 is 12.0. The minimum absolute atomic E-state index is 0.173. The van der Waals surface area contributed by atoms with Crippen LogP contribution in [0, 0.1) is 6.92 Å². The maximum atomic E-state index is 6.50. The summed E-state index contributed by atoms with van der Waals surface area (Å²) in [4.78, 5) is 20.1. The second kappa shape index (κ2) is 9.01. The van der Waals surface area contributed by atoms with Crippen molar-refractivity contribution in [3.05, 3.63) is 42.6 Å². The molecule has 1 aliphatic carbocycles. The molecule has 1 saturated heterocycles. The monoisotopic (exact) mass is 420 g/mol. The van der Waals surface area contributed by atoms with Crippen LogP contribution in [0.1, 0.15) is 31.4 Å². The lowest BCUT2D eigenvalue weighted by molar-refractivity contribution is 0.122. The Bertz CT molecular complexity index is 1010. The van der Waals surface area contributed by atoms with Gasteiger partial charge in [0, 0.05) is 43.3 Å². The highest BCUT2D eigenvalue weighted by atomic mass is 16.5. The summed E-state index contributed by atoms with van der Waals surface area (Å²) in [5, 5.41) is 3.50. The van der Waals surface area contributed by atoms with Gasteiger partial charge in [-0.3, -0.25) is 9.97 Å². The molecule has 162 valence electrons. The number of benzene rings is 1. The minimum Gasteiger partial charge on any atom is -0.488 e. The average molecular weight is 421 g/mol. The van der Waals surface area contributed by atoms with Crippen LogP contribution in [0.2, 0.25) is 0 Å². The molecule has 3 aromatic rings. The normalized spacial score (nSPS) is 21.8. The van der Waals surface area contributed by atoms with Crippen molar-refractivity contribution >= 4 is 22.5 Å². The lowest BCUT2D eigenvalue weighted by Gasteiger charge is -2.31. The van der Waals surface area contributed by atoms with Crippen LogP contribution in [-0.2, 0) is 4.74 Å². The number of aryl methyl sites for hydroxylation is 1. The van der Waals surface area contributed by atoms with Gasteiger partial charge in [0.15, 0.2) is 0 Å². The maximum absolute atomic E-state index is 6.50. The topological polar surface area (TPSA) is 85.3 Å². The SMILES string of the molecule is Cc1cnc(N[C@H]2CC[C@@H](Oc3cc(N4CCOCC4)cc4nccnc34)CC2)cn1. The highest BCUT2D eigenvalue weighted by Gasteiger charge is 2.24. The van der Waals surface area contributed by atoms with Gasteiger partial charge in [0.05, 0.1) is 42.9 Å². The smallest absolute Gasteiger partial charge is 0.149 e. The first-order chi connectivity index (χ1) is 15.2. The number of ether oxygens (including phenoxy) is 2. The number of hydrogen-bond acceptors (Lipinski definition) is 8. The molecular formula is C23H28N6O2. The van der Waals surface area contributed by atoms with Crippen LogP contribution in [0.3, 0.4) is 0 Å². The molecule has 0 radical (unpaired) electrons. The third-order valence-corrected chi connectivity index (χ3v) is 6.00. The molecule has 0 spiro atoms. The second-order valence-corrected chi connectivity index (χ2v) is 8.25. The molecular weight excluding hydrogens is 392 g/mol. The molecule has 0 atom stereocenters. The first-order valence-electron chi connectivity index (χ1n) is 11.0. The number of aromatic nitrogens is 4. The lowest BCUT2D eigenvalue weighted by Crippen LogP contribution is -2.36. The van der Waals surface area contributed by atoms with Crippen molar-refractivity contribution in [1.82, 2.24) is 19.9 Å². The van der Waals surface area contributed by atoms with Crippen molar-refractivity contribution in [2.75, 3.05) is 36.5 Å². The molecule has 31 heavy (non-hydrogen) atoms. The zero-order valence-corrected chi connectivity index (χ0v) is 17.8. The van der Waals surface area contributed by atoms with E-state index in [4.69, 9.17) is 9.47 Å². The molecule has 2 aromatic heterocycles. The van der Waals surface area contributed by atoms with E-state index in [1.54, 1.807) is 24.8 Å². The second-order valence-electron chi connectivity index (χ2n) is 8.25. The van der Waals surface area contributed by atoms with Crippen molar-refractivity contribution in [3.63, 3.8) is 0 Å². The fourth-order valence-corrected chi connectivity index (χ4v) is 4.30. The molecule has 1 saturated carbocycles. The number of fused-ring (bicyclic) bond motifs is 1.